The summed E-state index contributed by atoms with van der Waals surface area (Å²) >= 11 is 0. The monoisotopic (exact) mass is 659 g/mol. The van der Waals surface area contributed by atoms with Crippen molar-refractivity contribution in [3.05, 3.63) is 29.8 Å². The second-order valence-corrected chi connectivity index (χ2v) is 14.2. The van der Waals surface area contributed by atoms with Crippen molar-refractivity contribution in [2.24, 2.45) is 28.7 Å². The van der Waals surface area contributed by atoms with Crippen LogP contribution in [0.25, 0.3) is 0 Å². The molecule has 0 aliphatic heterocycles. The first-order valence-electron chi connectivity index (χ1n) is 17.2. The highest BCUT2D eigenvalue weighted by molar-refractivity contribution is 5.92. The van der Waals surface area contributed by atoms with Crippen molar-refractivity contribution in [2.45, 2.75) is 137 Å². The number of rotatable bonds is 22. The van der Waals surface area contributed by atoms with Gasteiger partial charge in [-0.05, 0) is 69.7 Å². The third-order valence-corrected chi connectivity index (χ3v) is 8.54. The minimum absolute atomic E-state index is 0.169. The van der Waals surface area contributed by atoms with Gasteiger partial charge in [-0.1, -0.05) is 79.4 Å². The van der Waals surface area contributed by atoms with E-state index in [4.69, 9.17) is 16.2 Å². The van der Waals surface area contributed by atoms with E-state index in [1.54, 1.807) is 38.1 Å². The van der Waals surface area contributed by atoms with E-state index in [2.05, 4.69) is 16.0 Å². The summed E-state index contributed by atoms with van der Waals surface area (Å²) in [7, 11) is 0. The third-order valence-electron chi connectivity index (χ3n) is 8.54. The maximum absolute atomic E-state index is 13.8. The van der Waals surface area contributed by atoms with Gasteiger partial charge in [-0.15, -0.1) is 0 Å². The van der Waals surface area contributed by atoms with Crippen molar-refractivity contribution in [1.82, 2.24) is 16.0 Å². The molecule has 7 N–H and O–H groups in total. The summed E-state index contributed by atoms with van der Waals surface area (Å²) in [6, 6.07) is 5.03. The Bertz CT molecular complexity index is 1170. The van der Waals surface area contributed by atoms with Crippen LogP contribution in [0.2, 0.25) is 0 Å². The maximum atomic E-state index is 13.8. The number of carbonyl (C=O) groups excluding carboxylic acids is 5. The Morgan fingerprint density at radius 2 is 1.51 bits per heavy atom. The number of hydrogen-bond acceptors (Lipinski definition) is 7. The van der Waals surface area contributed by atoms with Crippen LogP contribution in [-0.2, 0) is 30.4 Å². The summed E-state index contributed by atoms with van der Waals surface area (Å²) in [5.74, 6) is -1.97. The Hall–Kier alpha value is -3.47. The molecule has 0 spiro atoms. The van der Waals surface area contributed by atoms with Crippen LogP contribution >= 0.6 is 0 Å². The van der Waals surface area contributed by atoms with Crippen LogP contribution in [0.15, 0.2) is 24.3 Å². The lowest BCUT2D eigenvalue weighted by Gasteiger charge is -2.36. The van der Waals surface area contributed by atoms with Crippen LogP contribution in [0.3, 0.4) is 0 Å². The highest BCUT2D eigenvalue weighted by atomic mass is 16.5. The van der Waals surface area contributed by atoms with E-state index >= 15 is 0 Å². The minimum atomic E-state index is -0.943. The number of unbranched alkanes of at least 4 members (excludes halogenated alkanes) is 3. The summed E-state index contributed by atoms with van der Waals surface area (Å²) in [5.41, 5.74) is 10.2. The summed E-state index contributed by atoms with van der Waals surface area (Å²) in [5, 5.41) is 8.78. The summed E-state index contributed by atoms with van der Waals surface area (Å²) in [4.78, 5) is 64.7. The van der Waals surface area contributed by atoms with Gasteiger partial charge in [0.2, 0.25) is 23.6 Å². The predicted octanol–water partition coefficient (Wildman–Crippen LogP) is 4.29. The van der Waals surface area contributed by atoms with Crippen LogP contribution in [-0.4, -0.2) is 53.8 Å². The molecule has 1 rings (SSSR count). The Labute approximate surface area is 282 Å². The van der Waals surface area contributed by atoms with Crippen LogP contribution in [0, 0.1) is 17.3 Å². The van der Waals surface area contributed by atoms with Crippen molar-refractivity contribution in [2.75, 3.05) is 6.54 Å². The Balaban J connectivity index is 3.14. The van der Waals surface area contributed by atoms with Crippen molar-refractivity contribution < 1.29 is 28.7 Å². The summed E-state index contributed by atoms with van der Waals surface area (Å²) in [6.07, 6.45) is 6.33. The lowest BCUT2D eigenvalue weighted by atomic mass is 9.79. The van der Waals surface area contributed by atoms with E-state index < -0.39 is 34.9 Å². The Morgan fingerprint density at radius 3 is 2.06 bits per heavy atom. The minimum Gasteiger partial charge on any atom is -0.426 e. The fraction of sp³-hybridized carbons (Fsp3) is 0.694. The molecule has 1 aromatic carbocycles. The second-order valence-electron chi connectivity index (χ2n) is 14.2. The van der Waals surface area contributed by atoms with Crippen LogP contribution in [0.1, 0.15) is 119 Å². The molecule has 0 saturated carbocycles. The molecule has 0 heterocycles. The number of esters is 1. The molecule has 0 radical (unpaired) electrons. The van der Waals surface area contributed by atoms with E-state index in [0.717, 1.165) is 31.2 Å². The molecule has 11 heteroatoms. The summed E-state index contributed by atoms with van der Waals surface area (Å²) in [6.45, 7) is 15.4. The number of nitrogens with one attached hydrogen (secondary N) is 3. The zero-order valence-electron chi connectivity index (χ0n) is 30.0. The Kier molecular flexibility index (Phi) is 17.7. The number of primary amides is 1. The molecule has 0 aliphatic carbocycles. The van der Waals surface area contributed by atoms with Gasteiger partial charge in [0.1, 0.15) is 17.8 Å². The van der Waals surface area contributed by atoms with Crippen molar-refractivity contribution >= 4 is 29.6 Å². The number of ether oxygens (including phenoxy) is 1. The maximum Gasteiger partial charge on any atom is 0.314 e. The van der Waals surface area contributed by atoms with E-state index in [1.807, 2.05) is 41.5 Å². The van der Waals surface area contributed by atoms with Crippen LogP contribution in [0.5, 0.6) is 5.75 Å². The van der Waals surface area contributed by atoms with E-state index in [-0.39, 0.29) is 42.5 Å². The van der Waals surface area contributed by atoms with Gasteiger partial charge in [0.25, 0.3) is 0 Å². The largest absolute Gasteiger partial charge is 0.426 e. The Morgan fingerprint density at radius 1 is 0.872 bits per heavy atom. The van der Waals surface area contributed by atoms with E-state index in [1.165, 1.54) is 0 Å². The normalized spacial score (nSPS) is 14.3. The smallest absolute Gasteiger partial charge is 0.314 e. The SMILES string of the molecule is CCCCCC(=O)NC(Cc1ccc(OC(=O)C(C)CCCCN)cc1)C(=O)NC(C(=O)NC(C)(C)CC(C)(C)C(N)=O)C(C)CC. The van der Waals surface area contributed by atoms with Gasteiger partial charge in [-0.3, -0.25) is 24.0 Å². The first-order valence-corrected chi connectivity index (χ1v) is 17.2. The molecule has 0 fully saturated rings. The topological polar surface area (TPSA) is 183 Å². The highest BCUT2D eigenvalue weighted by Crippen LogP contribution is 2.28. The van der Waals surface area contributed by atoms with Crippen molar-refractivity contribution in [1.29, 1.82) is 0 Å². The first-order chi connectivity index (χ1) is 22.0. The molecule has 4 amide bonds. The molecule has 266 valence electrons. The number of carbonyl (C=O) groups is 5. The molecule has 4 unspecified atom stereocenters. The molecule has 0 bridgehead atoms. The van der Waals surface area contributed by atoms with Crippen molar-refractivity contribution in [3.63, 3.8) is 0 Å². The standard InChI is InChI=1S/C36H61N5O6/c1-9-11-12-16-29(42)39-28(22-26-17-19-27(20-18-26)47-33(45)25(4)15-13-14-21-37)31(43)40-30(24(3)10-2)32(44)41-36(7,8)23-35(5,6)34(38)46/h17-20,24-25,28,30H,9-16,21-23,37H2,1-8H3,(H2,38,46)(H,39,42)(H,40,43)(H,41,44). The molecule has 11 nitrogen and oxygen atoms in total. The zero-order valence-corrected chi connectivity index (χ0v) is 30.0. The summed E-state index contributed by atoms with van der Waals surface area (Å²) < 4.78 is 5.55. The first kappa shape index (κ1) is 41.6. The number of amides is 4. The lowest BCUT2D eigenvalue weighted by Crippen LogP contribution is -2.59. The van der Waals surface area contributed by atoms with E-state index in [9.17, 15) is 24.0 Å². The zero-order chi connectivity index (χ0) is 35.8. The molecule has 0 saturated heterocycles. The highest BCUT2D eigenvalue weighted by Gasteiger charge is 2.37. The number of benzene rings is 1. The number of nitrogens with two attached hydrogens (primary N) is 2. The fourth-order valence-corrected chi connectivity index (χ4v) is 5.47. The lowest BCUT2D eigenvalue weighted by molar-refractivity contribution is -0.138. The average molecular weight is 660 g/mol. The third kappa shape index (κ3) is 15.3. The van der Waals surface area contributed by atoms with Gasteiger partial charge in [0.15, 0.2) is 0 Å². The average Bonchev–Trinajstić information content (AvgIpc) is 2.99. The van der Waals surface area contributed by atoms with Gasteiger partial charge in [0, 0.05) is 23.8 Å². The van der Waals surface area contributed by atoms with Gasteiger partial charge in [-0.25, -0.2) is 0 Å². The molecule has 0 aromatic heterocycles. The number of hydrogen-bond donors (Lipinski definition) is 5. The van der Waals surface area contributed by atoms with Crippen LogP contribution in [0.4, 0.5) is 0 Å². The molecular weight excluding hydrogens is 598 g/mol. The molecule has 47 heavy (non-hydrogen) atoms. The molecule has 0 aliphatic rings. The predicted molar refractivity (Wildman–Crippen MR) is 185 cm³/mol. The quantitative estimate of drug-likeness (QED) is 0.0699. The van der Waals surface area contributed by atoms with Gasteiger partial charge >= 0.3 is 5.97 Å². The fourth-order valence-electron chi connectivity index (χ4n) is 5.47. The van der Waals surface area contributed by atoms with Crippen LogP contribution < -0.4 is 32.2 Å². The molecule has 1 aromatic rings. The van der Waals surface area contributed by atoms with E-state index in [0.29, 0.717) is 38.0 Å². The van der Waals surface area contributed by atoms with Gasteiger partial charge in [-0.2, -0.15) is 0 Å². The second kappa shape index (κ2) is 20.0. The van der Waals surface area contributed by atoms with Gasteiger partial charge < -0.3 is 32.2 Å². The molecular formula is C36H61N5O6. The van der Waals surface area contributed by atoms with Crippen molar-refractivity contribution in [3.8, 4) is 5.75 Å². The van der Waals surface area contributed by atoms with Gasteiger partial charge in [0.05, 0.1) is 5.92 Å². The molecule has 4 atom stereocenters.